The van der Waals surface area contributed by atoms with E-state index in [9.17, 15) is 43.5 Å². The normalized spacial score (nSPS) is 22.9. The molecule has 3 aromatic rings. The Balaban J connectivity index is 1.53. The van der Waals surface area contributed by atoms with Crippen LogP contribution in [0, 0.1) is 5.82 Å². The van der Waals surface area contributed by atoms with Gasteiger partial charge >= 0.3 is 18.0 Å². The molecule has 1 aliphatic carbocycles. The van der Waals surface area contributed by atoms with Gasteiger partial charge in [-0.1, -0.05) is 29.5 Å². The van der Waals surface area contributed by atoms with Crippen LogP contribution in [0.25, 0.3) is 0 Å². The molecule has 2 aromatic carbocycles. The van der Waals surface area contributed by atoms with Gasteiger partial charge in [-0.2, -0.15) is 26.3 Å². The van der Waals surface area contributed by atoms with E-state index in [2.05, 4.69) is 15.6 Å². The van der Waals surface area contributed by atoms with Crippen molar-refractivity contribution in [1.29, 1.82) is 0 Å². The third kappa shape index (κ3) is 4.80. The third-order valence-electron chi connectivity index (χ3n) is 8.09. The molecular weight excluding hydrogens is 584 g/mol. The minimum absolute atomic E-state index is 0.0871. The Morgan fingerprint density at radius 1 is 0.854 bits per heavy atom. The van der Waals surface area contributed by atoms with E-state index in [0.717, 1.165) is 55.2 Å². The van der Waals surface area contributed by atoms with Crippen LogP contribution in [0.5, 0.6) is 0 Å². The van der Waals surface area contributed by atoms with Crippen LogP contribution in [-0.4, -0.2) is 48.9 Å². The van der Waals surface area contributed by atoms with Crippen molar-refractivity contribution >= 4 is 9.84 Å². The van der Waals surface area contributed by atoms with Crippen molar-refractivity contribution in [3.8, 4) is 0 Å². The number of sulfone groups is 1. The van der Waals surface area contributed by atoms with Crippen LogP contribution in [0.4, 0.5) is 35.1 Å². The first-order valence-corrected chi connectivity index (χ1v) is 14.1. The van der Waals surface area contributed by atoms with Crippen molar-refractivity contribution in [3.63, 3.8) is 0 Å². The van der Waals surface area contributed by atoms with Gasteiger partial charge < -0.3 is 5.32 Å². The highest BCUT2D eigenvalue weighted by Crippen LogP contribution is 2.54. The quantitative estimate of drug-likeness (QED) is 0.280. The number of rotatable bonds is 6. The zero-order chi connectivity index (χ0) is 29.8. The average Bonchev–Trinajstić information content (AvgIpc) is 3.35. The van der Waals surface area contributed by atoms with E-state index in [4.69, 9.17) is 0 Å². The summed E-state index contributed by atoms with van der Waals surface area (Å²) in [6, 6.07) is 5.92. The predicted octanol–water partition coefficient (Wildman–Crippen LogP) is 5.88. The smallest absolute Gasteiger partial charge is 0.315 e. The summed E-state index contributed by atoms with van der Waals surface area (Å²) in [5.74, 6) is -0.492. The summed E-state index contributed by atoms with van der Waals surface area (Å²) >= 11 is 0. The van der Waals surface area contributed by atoms with Crippen LogP contribution in [-0.2, 0) is 20.3 Å². The summed E-state index contributed by atoms with van der Waals surface area (Å²) in [7, 11) is -4.37. The van der Waals surface area contributed by atoms with Crippen LogP contribution >= 0.6 is 0 Å². The number of benzene rings is 2. The van der Waals surface area contributed by atoms with Gasteiger partial charge in [0.05, 0.1) is 16.6 Å². The van der Waals surface area contributed by atoms with E-state index >= 15 is 0 Å². The molecule has 1 saturated heterocycles. The molecule has 15 heteroatoms. The van der Waals surface area contributed by atoms with Crippen LogP contribution in [0.1, 0.15) is 54.5 Å². The van der Waals surface area contributed by atoms with Gasteiger partial charge in [0.15, 0.2) is 9.84 Å². The molecule has 222 valence electrons. The van der Waals surface area contributed by atoms with Crippen molar-refractivity contribution in [2.45, 2.75) is 65.3 Å². The first-order chi connectivity index (χ1) is 19.1. The molecule has 5 rings (SSSR count). The van der Waals surface area contributed by atoms with Crippen LogP contribution < -0.4 is 5.32 Å². The summed E-state index contributed by atoms with van der Waals surface area (Å²) in [4.78, 5) is -0.271. The molecule has 2 aliphatic rings. The summed E-state index contributed by atoms with van der Waals surface area (Å²) in [6.45, 7) is 1.50. The van der Waals surface area contributed by atoms with E-state index < -0.39 is 44.0 Å². The Morgan fingerprint density at radius 2 is 1.41 bits per heavy atom. The highest BCUT2D eigenvalue weighted by Gasteiger charge is 2.73. The number of halogens is 8. The number of alkyl halides is 7. The summed E-state index contributed by atoms with van der Waals surface area (Å²) in [5.41, 5.74) is -6.69. The fraction of sp³-hybridized carbons (Fsp3) is 0.462. The molecule has 1 aromatic heterocycles. The van der Waals surface area contributed by atoms with Gasteiger partial charge in [0.2, 0.25) is 0 Å². The molecular formula is C26H24F8N4O2S. The molecule has 0 bridgehead atoms. The molecule has 0 spiro atoms. The SMILES string of the molecule is O=S(=O)(c1ccc(F)cc1)C1(c2ccc(C(F)(C(F)(F)F)C(F)(F)F)cc2)CCC(n2cc(C3CNC3)nn2)CC1. The second-order valence-corrected chi connectivity index (χ2v) is 12.7. The molecule has 0 unspecified atom stereocenters. The van der Waals surface area contributed by atoms with Gasteiger partial charge in [-0.25, -0.2) is 21.9 Å². The van der Waals surface area contributed by atoms with Crippen LogP contribution in [0.15, 0.2) is 59.6 Å². The molecule has 0 atom stereocenters. The maximum Gasteiger partial charge on any atom is 0.435 e. The number of hydrogen-bond donors (Lipinski definition) is 1. The zero-order valence-electron chi connectivity index (χ0n) is 21.2. The lowest BCUT2D eigenvalue weighted by Gasteiger charge is -2.40. The molecule has 1 N–H and O–H groups in total. The number of nitrogens with one attached hydrogen (secondary N) is 1. The van der Waals surface area contributed by atoms with E-state index in [1.807, 2.05) is 0 Å². The summed E-state index contributed by atoms with van der Waals surface area (Å²) < 4.78 is 136. The van der Waals surface area contributed by atoms with Gasteiger partial charge in [-0.15, -0.1) is 5.10 Å². The maximum atomic E-state index is 14.6. The van der Waals surface area contributed by atoms with Gasteiger partial charge in [-0.05, 0) is 55.5 Å². The first kappa shape index (κ1) is 29.4. The first-order valence-electron chi connectivity index (χ1n) is 12.7. The Bertz CT molecular complexity index is 1480. The second kappa shape index (κ2) is 10.0. The van der Waals surface area contributed by atoms with Crippen molar-refractivity contribution in [2.24, 2.45) is 0 Å². The summed E-state index contributed by atoms with van der Waals surface area (Å²) in [5, 5.41) is 11.5. The molecule has 41 heavy (non-hydrogen) atoms. The standard InChI is InChI=1S/C26H24F8N4O2S/c27-19-5-7-21(8-6-19)41(39,40)23(11-9-20(10-12-23)38-15-22(36-37-38)16-13-35-14-16)17-1-3-18(4-2-17)24(28,25(29,30)31)26(32,33)34/h1-8,15-16,20,35H,9-14H2. The van der Waals surface area contributed by atoms with E-state index in [0.29, 0.717) is 12.1 Å². The number of aromatic nitrogens is 3. The van der Waals surface area contributed by atoms with E-state index in [1.165, 1.54) is 0 Å². The Morgan fingerprint density at radius 3 is 1.90 bits per heavy atom. The second-order valence-electron chi connectivity index (χ2n) is 10.4. The Hall–Kier alpha value is -3.07. The molecule has 1 aliphatic heterocycles. The fourth-order valence-corrected chi connectivity index (χ4v) is 7.70. The van der Waals surface area contributed by atoms with Crippen LogP contribution in [0.3, 0.4) is 0 Å². The highest BCUT2D eigenvalue weighted by atomic mass is 32.2. The van der Waals surface area contributed by atoms with Gasteiger partial charge in [0.25, 0.3) is 0 Å². The third-order valence-corrected chi connectivity index (χ3v) is 10.7. The lowest BCUT2D eigenvalue weighted by atomic mass is 9.80. The van der Waals surface area contributed by atoms with Crippen molar-refractivity contribution in [2.75, 3.05) is 13.1 Å². The topological polar surface area (TPSA) is 76.9 Å². The van der Waals surface area contributed by atoms with Gasteiger partial charge in [0, 0.05) is 30.8 Å². The molecule has 1 saturated carbocycles. The molecule has 2 fully saturated rings. The largest absolute Gasteiger partial charge is 0.435 e. The van der Waals surface area contributed by atoms with Crippen LogP contribution in [0.2, 0.25) is 0 Å². The molecule has 0 amide bonds. The average molecular weight is 609 g/mol. The lowest BCUT2D eigenvalue weighted by molar-refractivity contribution is -0.348. The monoisotopic (exact) mass is 608 g/mol. The predicted molar refractivity (Wildman–Crippen MR) is 130 cm³/mol. The minimum Gasteiger partial charge on any atom is -0.315 e. The number of nitrogens with zero attached hydrogens (tertiary/aromatic N) is 3. The lowest BCUT2D eigenvalue weighted by Crippen LogP contribution is -2.50. The molecule has 0 radical (unpaired) electrons. The zero-order valence-corrected chi connectivity index (χ0v) is 22.0. The fourth-order valence-electron chi connectivity index (χ4n) is 5.53. The minimum atomic E-state index is -6.31. The van der Waals surface area contributed by atoms with E-state index in [1.54, 1.807) is 10.9 Å². The van der Waals surface area contributed by atoms with Gasteiger partial charge in [0.1, 0.15) is 10.6 Å². The maximum absolute atomic E-state index is 14.6. The Kier molecular flexibility index (Phi) is 7.20. The Labute approximate surface area is 229 Å². The van der Waals surface area contributed by atoms with Crippen molar-refractivity contribution in [1.82, 2.24) is 20.3 Å². The highest BCUT2D eigenvalue weighted by molar-refractivity contribution is 7.92. The number of hydrogen-bond acceptors (Lipinski definition) is 5. The van der Waals surface area contributed by atoms with Crippen molar-refractivity contribution < 1.29 is 43.5 Å². The van der Waals surface area contributed by atoms with Crippen molar-refractivity contribution in [3.05, 3.63) is 77.4 Å². The van der Waals surface area contributed by atoms with Gasteiger partial charge in [-0.3, -0.25) is 0 Å². The molecule has 2 heterocycles. The summed E-state index contributed by atoms with van der Waals surface area (Å²) in [6.07, 6.45) is -10.6. The van der Waals surface area contributed by atoms with E-state index in [-0.39, 0.29) is 48.1 Å². The molecule has 6 nitrogen and oxygen atoms in total.